The maximum absolute atomic E-state index is 11.8. The van der Waals surface area contributed by atoms with Crippen molar-refractivity contribution in [3.63, 3.8) is 0 Å². The fraction of sp³-hybridized carbons (Fsp3) is 0.412. The van der Waals surface area contributed by atoms with Crippen molar-refractivity contribution in [2.75, 3.05) is 7.11 Å². The van der Waals surface area contributed by atoms with Gasteiger partial charge in [-0.05, 0) is 46.2 Å². The van der Waals surface area contributed by atoms with Crippen LogP contribution in [0.2, 0.25) is 0 Å². The first-order valence-electron chi connectivity index (χ1n) is 7.08. The number of hydrogen-bond acceptors (Lipinski definition) is 3. The Hall–Kier alpha value is -2.10. The van der Waals surface area contributed by atoms with Crippen molar-refractivity contribution in [1.82, 2.24) is 9.78 Å². The minimum absolute atomic E-state index is 0.235. The van der Waals surface area contributed by atoms with E-state index in [0.717, 1.165) is 28.2 Å². The van der Waals surface area contributed by atoms with Gasteiger partial charge in [-0.15, -0.1) is 0 Å². The summed E-state index contributed by atoms with van der Waals surface area (Å²) < 4.78 is 6.77. The number of hydrogen-bond donors (Lipinski definition) is 0. The third kappa shape index (κ3) is 2.71. The Kier molecular flexibility index (Phi) is 4.16. The van der Waals surface area contributed by atoms with Crippen LogP contribution in [-0.2, 0) is 9.53 Å². The predicted octanol–water partition coefficient (Wildman–Crippen LogP) is 3.38. The normalized spacial score (nSPS) is 12.3. The van der Waals surface area contributed by atoms with Crippen LogP contribution in [0.1, 0.15) is 40.9 Å². The molecule has 1 unspecified atom stereocenters. The zero-order chi connectivity index (χ0) is 15.7. The zero-order valence-corrected chi connectivity index (χ0v) is 13.5. The Labute approximate surface area is 125 Å². The number of carbonyl (C=O) groups is 1. The Balaban J connectivity index is 2.55. The lowest BCUT2D eigenvalue weighted by Gasteiger charge is -2.12. The number of carbonyl (C=O) groups excluding carboxylic acids is 1. The van der Waals surface area contributed by atoms with Gasteiger partial charge in [-0.3, -0.25) is 4.79 Å². The van der Waals surface area contributed by atoms with Crippen molar-refractivity contribution in [3.05, 3.63) is 46.3 Å². The quantitative estimate of drug-likeness (QED) is 0.812. The second kappa shape index (κ2) is 5.72. The van der Waals surface area contributed by atoms with E-state index in [2.05, 4.69) is 37.1 Å². The highest BCUT2D eigenvalue weighted by molar-refractivity contribution is 5.78. The van der Waals surface area contributed by atoms with Gasteiger partial charge in [0.25, 0.3) is 0 Å². The summed E-state index contributed by atoms with van der Waals surface area (Å²) in [5.41, 5.74) is 6.23. The predicted molar refractivity (Wildman–Crippen MR) is 82.9 cm³/mol. The van der Waals surface area contributed by atoms with Crippen LogP contribution in [0.5, 0.6) is 0 Å². The van der Waals surface area contributed by atoms with Crippen LogP contribution >= 0.6 is 0 Å². The molecule has 2 aromatic rings. The lowest BCUT2D eigenvalue weighted by atomic mass is 9.99. The smallest absolute Gasteiger partial charge is 0.312 e. The van der Waals surface area contributed by atoms with Crippen LogP contribution in [0.15, 0.2) is 18.2 Å². The first-order chi connectivity index (χ1) is 9.86. The molecular formula is C17H22N2O2. The van der Waals surface area contributed by atoms with E-state index in [1.807, 2.05) is 25.5 Å². The van der Waals surface area contributed by atoms with E-state index in [0.29, 0.717) is 0 Å². The van der Waals surface area contributed by atoms with Gasteiger partial charge >= 0.3 is 5.97 Å². The summed E-state index contributed by atoms with van der Waals surface area (Å²) in [6, 6.07) is 6.27. The fourth-order valence-corrected chi connectivity index (χ4v) is 2.85. The van der Waals surface area contributed by atoms with E-state index in [1.165, 1.54) is 12.7 Å². The van der Waals surface area contributed by atoms with Gasteiger partial charge in [0, 0.05) is 11.3 Å². The van der Waals surface area contributed by atoms with E-state index >= 15 is 0 Å². The molecule has 0 aliphatic rings. The van der Waals surface area contributed by atoms with Gasteiger partial charge in [0.2, 0.25) is 0 Å². The van der Waals surface area contributed by atoms with E-state index in [1.54, 1.807) is 0 Å². The maximum Gasteiger partial charge on any atom is 0.312 e. The number of benzene rings is 1. The molecule has 0 saturated carbocycles. The second-order valence-corrected chi connectivity index (χ2v) is 5.53. The molecule has 4 nitrogen and oxygen atoms in total. The van der Waals surface area contributed by atoms with Crippen molar-refractivity contribution in [3.8, 4) is 5.69 Å². The van der Waals surface area contributed by atoms with Crippen LogP contribution in [0, 0.1) is 27.7 Å². The lowest BCUT2D eigenvalue weighted by molar-refractivity contribution is -0.142. The molecule has 0 fully saturated rings. The molecule has 0 aliphatic carbocycles. The van der Waals surface area contributed by atoms with E-state index in [4.69, 9.17) is 4.74 Å². The molecular weight excluding hydrogens is 264 g/mol. The minimum atomic E-state index is -0.311. The largest absolute Gasteiger partial charge is 0.469 e. The Morgan fingerprint density at radius 2 is 1.90 bits per heavy atom. The number of nitrogens with zero attached hydrogens (tertiary/aromatic N) is 2. The molecule has 1 heterocycles. The van der Waals surface area contributed by atoms with E-state index < -0.39 is 0 Å². The summed E-state index contributed by atoms with van der Waals surface area (Å²) >= 11 is 0. The minimum Gasteiger partial charge on any atom is -0.469 e. The topological polar surface area (TPSA) is 44.1 Å². The summed E-state index contributed by atoms with van der Waals surface area (Å²) in [5.74, 6) is -0.545. The molecule has 2 rings (SSSR count). The number of ether oxygens (including phenoxy) is 1. The van der Waals surface area contributed by atoms with Crippen molar-refractivity contribution in [1.29, 1.82) is 0 Å². The summed E-state index contributed by atoms with van der Waals surface area (Å²) in [5, 5.41) is 4.62. The van der Waals surface area contributed by atoms with Crippen molar-refractivity contribution < 1.29 is 9.53 Å². The third-order valence-corrected chi connectivity index (χ3v) is 3.92. The van der Waals surface area contributed by atoms with Crippen LogP contribution in [0.3, 0.4) is 0 Å². The average molecular weight is 286 g/mol. The Morgan fingerprint density at radius 1 is 1.24 bits per heavy atom. The summed E-state index contributed by atoms with van der Waals surface area (Å²) in [7, 11) is 1.41. The van der Waals surface area contributed by atoms with Crippen molar-refractivity contribution in [2.24, 2.45) is 0 Å². The Morgan fingerprint density at radius 3 is 2.48 bits per heavy atom. The van der Waals surface area contributed by atoms with Gasteiger partial charge in [-0.2, -0.15) is 5.10 Å². The first-order valence-corrected chi connectivity index (χ1v) is 7.08. The molecule has 1 aromatic carbocycles. The standard InChI is InChI=1S/C17H22N2O2/c1-10-7-8-15(11(2)9-10)19-14(5)16(13(4)18-19)12(3)17(20)21-6/h7-9,12H,1-6H3. The lowest BCUT2D eigenvalue weighted by Crippen LogP contribution is -2.12. The Bertz CT molecular complexity index is 686. The van der Waals surface area contributed by atoms with Gasteiger partial charge in [-0.1, -0.05) is 17.7 Å². The molecule has 0 amide bonds. The second-order valence-electron chi connectivity index (χ2n) is 5.53. The first kappa shape index (κ1) is 15.3. The number of methoxy groups -OCH3 is 1. The highest BCUT2D eigenvalue weighted by atomic mass is 16.5. The van der Waals surface area contributed by atoms with Gasteiger partial charge in [0.05, 0.1) is 24.4 Å². The van der Waals surface area contributed by atoms with Crippen molar-refractivity contribution >= 4 is 5.97 Å². The molecule has 1 atom stereocenters. The summed E-state index contributed by atoms with van der Waals surface area (Å²) in [4.78, 5) is 11.8. The number of aryl methyl sites for hydroxylation is 3. The van der Waals surface area contributed by atoms with Gasteiger partial charge in [-0.25, -0.2) is 4.68 Å². The molecule has 0 aliphatic heterocycles. The monoisotopic (exact) mass is 286 g/mol. The van der Waals surface area contributed by atoms with Gasteiger partial charge < -0.3 is 4.74 Å². The fourth-order valence-electron chi connectivity index (χ4n) is 2.85. The molecule has 112 valence electrons. The number of aromatic nitrogens is 2. The van der Waals surface area contributed by atoms with Crippen LogP contribution < -0.4 is 0 Å². The average Bonchev–Trinajstić information content (AvgIpc) is 2.72. The van der Waals surface area contributed by atoms with Crippen LogP contribution in [-0.4, -0.2) is 22.9 Å². The molecule has 4 heteroatoms. The molecule has 1 aromatic heterocycles. The van der Waals surface area contributed by atoms with Crippen LogP contribution in [0.4, 0.5) is 0 Å². The number of rotatable bonds is 3. The van der Waals surface area contributed by atoms with Crippen LogP contribution in [0.25, 0.3) is 5.69 Å². The van der Waals surface area contributed by atoms with Gasteiger partial charge in [0.15, 0.2) is 0 Å². The van der Waals surface area contributed by atoms with E-state index in [-0.39, 0.29) is 11.9 Å². The molecule has 21 heavy (non-hydrogen) atoms. The molecule has 0 saturated heterocycles. The summed E-state index contributed by atoms with van der Waals surface area (Å²) in [6.45, 7) is 9.93. The zero-order valence-electron chi connectivity index (χ0n) is 13.5. The van der Waals surface area contributed by atoms with E-state index in [9.17, 15) is 4.79 Å². The SMILES string of the molecule is COC(=O)C(C)c1c(C)nn(-c2ccc(C)cc2C)c1C. The number of esters is 1. The highest BCUT2D eigenvalue weighted by Gasteiger charge is 2.24. The molecule has 0 spiro atoms. The third-order valence-electron chi connectivity index (χ3n) is 3.92. The molecule has 0 bridgehead atoms. The summed E-state index contributed by atoms with van der Waals surface area (Å²) in [6.07, 6.45) is 0. The molecule has 0 radical (unpaired) electrons. The molecule has 0 N–H and O–H groups in total. The van der Waals surface area contributed by atoms with Gasteiger partial charge in [0.1, 0.15) is 0 Å². The van der Waals surface area contributed by atoms with Crippen molar-refractivity contribution in [2.45, 2.75) is 40.5 Å². The highest BCUT2D eigenvalue weighted by Crippen LogP contribution is 2.27. The maximum atomic E-state index is 11.8.